The van der Waals surface area contributed by atoms with Gasteiger partial charge in [0.15, 0.2) is 5.96 Å². The average Bonchev–Trinajstić information content (AvgIpc) is 3.12. The molecular formula is C17H24FIN6O. The molecular weight excluding hydrogens is 450 g/mol. The maximum absolute atomic E-state index is 12.8. The van der Waals surface area contributed by atoms with Gasteiger partial charge in [0, 0.05) is 37.7 Å². The summed E-state index contributed by atoms with van der Waals surface area (Å²) in [7, 11) is 0. The van der Waals surface area contributed by atoms with E-state index in [0.717, 1.165) is 13.0 Å². The molecule has 1 amide bonds. The van der Waals surface area contributed by atoms with Crippen LogP contribution in [0.2, 0.25) is 0 Å². The van der Waals surface area contributed by atoms with Gasteiger partial charge >= 0.3 is 0 Å². The number of nitrogens with zero attached hydrogens (tertiary/aromatic N) is 3. The highest BCUT2D eigenvalue weighted by atomic mass is 127. The molecule has 1 aromatic carbocycles. The average molecular weight is 474 g/mol. The van der Waals surface area contributed by atoms with Gasteiger partial charge < -0.3 is 16.0 Å². The number of benzene rings is 1. The van der Waals surface area contributed by atoms with Crippen molar-refractivity contribution in [2.24, 2.45) is 4.99 Å². The number of rotatable bonds is 8. The van der Waals surface area contributed by atoms with Crippen molar-refractivity contribution in [3.05, 3.63) is 48.5 Å². The molecule has 0 saturated heterocycles. The lowest BCUT2D eigenvalue weighted by Crippen LogP contribution is -2.38. The Morgan fingerprint density at radius 2 is 2.04 bits per heavy atom. The Kier molecular flexibility index (Phi) is 10.3. The fraction of sp³-hybridized carbons (Fsp3) is 0.353. The van der Waals surface area contributed by atoms with Crippen molar-refractivity contribution in [2.75, 3.05) is 25.0 Å². The summed E-state index contributed by atoms with van der Waals surface area (Å²) in [4.78, 5) is 16.2. The first kappa shape index (κ1) is 21.9. The standard InChI is InChI=1S/C17H23FN6O.HI/c1-2-19-17(20-9-3-11-24-12-4-10-22-24)21-13-16(25)23-15-7-5-14(18)6-8-15;/h4-8,10,12H,2-3,9,11,13H2,1H3,(H,23,25)(H2,19,20,21);1H. The number of hydrogen-bond donors (Lipinski definition) is 3. The molecule has 3 N–H and O–H groups in total. The zero-order chi connectivity index (χ0) is 17.9. The minimum absolute atomic E-state index is 0. The van der Waals surface area contributed by atoms with Gasteiger partial charge in [0.1, 0.15) is 12.4 Å². The zero-order valence-corrected chi connectivity index (χ0v) is 16.9. The summed E-state index contributed by atoms with van der Waals surface area (Å²) in [6.45, 7) is 4.16. The van der Waals surface area contributed by atoms with E-state index in [9.17, 15) is 9.18 Å². The van der Waals surface area contributed by atoms with Crippen LogP contribution in [-0.4, -0.2) is 41.3 Å². The van der Waals surface area contributed by atoms with Crippen LogP contribution in [0, 0.1) is 5.82 Å². The van der Waals surface area contributed by atoms with E-state index in [4.69, 9.17) is 0 Å². The van der Waals surface area contributed by atoms with Crippen LogP contribution in [-0.2, 0) is 11.3 Å². The Morgan fingerprint density at radius 1 is 1.27 bits per heavy atom. The summed E-state index contributed by atoms with van der Waals surface area (Å²) >= 11 is 0. The molecule has 26 heavy (non-hydrogen) atoms. The highest BCUT2D eigenvalue weighted by molar-refractivity contribution is 14.0. The fourth-order valence-corrected chi connectivity index (χ4v) is 2.11. The van der Waals surface area contributed by atoms with Crippen LogP contribution in [0.4, 0.5) is 10.1 Å². The second kappa shape index (κ2) is 12.2. The molecule has 9 heteroatoms. The summed E-state index contributed by atoms with van der Waals surface area (Å²) in [5.41, 5.74) is 0.541. The number of carbonyl (C=O) groups is 1. The largest absolute Gasteiger partial charge is 0.357 e. The van der Waals surface area contributed by atoms with Crippen LogP contribution in [0.15, 0.2) is 47.7 Å². The van der Waals surface area contributed by atoms with Crippen molar-refractivity contribution < 1.29 is 9.18 Å². The van der Waals surface area contributed by atoms with Gasteiger partial charge in [-0.05, 0) is 43.7 Å². The maximum atomic E-state index is 12.8. The molecule has 2 rings (SSSR count). The molecule has 2 aromatic rings. The zero-order valence-electron chi connectivity index (χ0n) is 14.6. The number of aryl methyl sites for hydroxylation is 1. The van der Waals surface area contributed by atoms with Crippen molar-refractivity contribution in [3.63, 3.8) is 0 Å². The monoisotopic (exact) mass is 474 g/mol. The minimum atomic E-state index is -0.343. The number of nitrogens with one attached hydrogen (secondary N) is 3. The van der Waals surface area contributed by atoms with Crippen molar-refractivity contribution >= 4 is 41.5 Å². The number of anilines is 1. The van der Waals surface area contributed by atoms with Gasteiger partial charge in [-0.2, -0.15) is 5.10 Å². The molecule has 0 atom stereocenters. The first-order chi connectivity index (χ1) is 12.2. The third kappa shape index (κ3) is 8.28. The number of halogens is 2. The quantitative estimate of drug-likeness (QED) is 0.237. The van der Waals surface area contributed by atoms with Gasteiger partial charge in [-0.25, -0.2) is 9.38 Å². The van der Waals surface area contributed by atoms with E-state index >= 15 is 0 Å². The highest BCUT2D eigenvalue weighted by Gasteiger charge is 2.03. The molecule has 0 unspecified atom stereocenters. The summed E-state index contributed by atoms with van der Waals surface area (Å²) < 4.78 is 14.7. The molecule has 1 heterocycles. The lowest BCUT2D eigenvalue weighted by molar-refractivity contribution is -0.114. The molecule has 0 saturated carbocycles. The number of aliphatic imine (C=N–C) groups is 1. The second-order valence-electron chi connectivity index (χ2n) is 5.30. The number of amides is 1. The number of carbonyl (C=O) groups excluding carboxylic acids is 1. The summed E-state index contributed by atoms with van der Waals surface area (Å²) in [6, 6.07) is 7.50. The second-order valence-corrected chi connectivity index (χ2v) is 5.30. The van der Waals surface area contributed by atoms with Crippen molar-refractivity contribution in [3.8, 4) is 0 Å². The van der Waals surface area contributed by atoms with Crippen LogP contribution < -0.4 is 16.0 Å². The minimum Gasteiger partial charge on any atom is -0.357 e. The highest BCUT2D eigenvalue weighted by Crippen LogP contribution is 2.07. The van der Waals surface area contributed by atoms with E-state index in [1.165, 1.54) is 24.3 Å². The molecule has 7 nitrogen and oxygen atoms in total. The Labute approximate surface area is 169 Å². The topological polar surface area (TPSA) is 83.3 Å². The molecule has 0 aliphatic rings. The fourth-order valence-electron chi connectivity index (χ4n) is 2.11. The third-order valence-electron chi connectivity index (χ3n) is 3.27. The molecule has 0 aliphatic heterocycles. The van der Waals surface area contributed by atoms with Gasteiger partial charge in [-0.3, -0.25) is 9.48 Å². The van der Waals surface area contributed by atoms with Crippen molar-refractivity contribution in [1.29, 1.82) is 0 Å². The molecule has 0 aliphatic carbocycles. The van der Waals surface area contributed by atoms with E-state index < -0.39 is 0 Å². The van der Waals surface area contributed by atoms with E-state index in [1.54, 1.807) is 6.20 Å². The Morgan fingerprint density at radius 3 is 2.69 bits per heavy atom. The lowest BCUT2D eigenvalue weighted by Gasteiger charge is -2.11. The number of aromatic nitrogens is 2. The van der Waals surface area contributed by atoms with E-state index in [0.29, 0.717) is 24.7 Å². The Hall–Kier alpha value is -2.17. The molecule has 0 radical (unpaired) electrons. The third-order valence-corrected chi connectivity index (χ3v) is 3.27. The van der Waals surface area contributed by atoms with Crippen molar-refractivity contribution in [2.45, 2.75) is 19.9 Å². The Balaban J connectivity index is 0.00000338. The smallest absolute Gasteiger partial charge is 0.246 e. The SMILES string of the molecule is CCNC(=NCC(=O)Nc1ccc(F)cc1)NCCCn1cccn1.I. The molecule has 0 spiro atoms. The molecule has 0 bridgehead atoms. The van der Waals surface area contributed by atoms with Crippen LogP contribution in [0.1, 0.15) is 13.3 Å². The van der Waals surface area contributed by atoms with E-state index in [2.05, 4.69) is 26.0 Å². The van der Waals surface area contributed by atoms with Crippen LogP contribution >= 0.6 is 24.0 Å². The maximum Gasteiger partial charge on any atom is 0.246 e. The molecule has 0 fully saturated rings. The molecule has 142 valence electrons. The van der Waals surface area contributed by atoms with Gasteiger partial charge in [-0.1, -0.05) is 0 Å². The first-order valence-corrected chi connectivity index (χ1v) is 8.22. The molecule has 1 aromatic heterocycles. The summed E-state index contributed by atoms with van der Waals surface area (Å²) in [5, 5.41) is 13.1. The predicted molar refractivity (Wildman–Crippen MR) is 111 cm³/mol. The lowest BCUT2D eigenvalue weighted by atomic mass is 10.3. The van der Waals surface area contributed by atoms with Gasteiger partial charge in [0.2, 0.25) is 5.91 Å². The number of guanidine groups is 1. The number of hydrogen-bond acceptors (Lipinski definition) is 3. The summed E-state index contributed by atoms with van der Waals surface area (Å²) in [5.74, 6) is -0.0256. The first-order valence-electron chi connectivity index (χ1n) is 8.22. The van der Waals surface area contributed by atoms with E-state index in [1.807, 2.05) is 23.9 Å². The van der Waals surface area contributed by atoms with Gasteiger partial charge in [0.25, 0.3) is 0 Å². The predicted octanol–water partition coefficient (Wildman–Crippen LogP) is 2.22. The van der Waals surface area contributed by atoms with Crippen LogP contribution in [0.3, 0.4) is 0 Å². The van der Waals surface area contributed by atoms with Gasteiger partial charge in [0.05, 0.1) is 0 Å². The van der Waals surface area contributed by atoms with Crippen molar-refractivity contribution in [1.82, 2.24) is 20.4 Å². The van der Waals surface area contributed by atoms with Crippen LogP contribution in [0.25, 0.3) is 0 Å². The Bertz CT molecular complexity index is 675. The van der Waals surface area contributed by atoms with Crippen LogP contribution in [0.5, 0.6) is 0 Å². The van der Waals surface area contributed by atoms with E-state index in [-0.39, 0.29) is 42.2 Å². The normalized spacial score (nSPS) is 10.8. The summed E-state index contributed by atoms with van der Waals surface area (Å²) in [6.07, 6.45) is 4.55. The van der Waals surface area contributed by atoms with Gasteiger partial charge in [-0.15, -0.1) is 24.0 Å².